The van der Waals surface area contributed by atoms with Crippen LogP contribution in [0.3, 0.4) is 0 Å². The molecule has 0 bridgehead atoms. The minimum absolute atomic E-state index is 0.129. The van der Waals surface area contributed by atoms with Crippen LogP contribution in [0.2, 0.25) is 0 Å². The maximum absolute atomic E-state index is 13.8. The number of aryl methyl sites for hydroxylation is 2. The van der Waals surface area contributed by atoms with E-state index in [1.54, 1.807) is 36.9 Å². The van der Waals surface area contributed by atoms with Gasteiger partial charge in [-0.25, -0.2) is 17.9 Å². The number of hydrogen-bond donors (Lipinski definition) is 2. The zero-order valence-corrected chi connectivity index (χ0v) is 20.3. The average molecular weight is 472 g/mol. The van der Waals surface area contributed by atoms with Crippen LogP contribution in [0.4, 0.5) is 5.69 Å². The Bertz CT molecular complexity index is 1410. The molecule has 3 aromatic rings. The number of piperidine rings is 1. The fourth-order valence-electron chi connectivity index (χ4n) is 4.56. The molecule has 176 valence electrons. The Morgan fingerprint density at radius 2 is 1.94 bits per heavy atom. The van der Waals surface area contributed by atoms with Gasteiger partial charge in [0, 0.05) is 23.9 Å². The minimum atomic E-state index is -3.56. The predicted molar refractivity (Wildman–Crippen MR) is 127 cm³/mol. The SMILES string of the molecule is Cc1ccc(NS(C)(=O)=O)c(C(=O)N2CCC[C@@H](C)[C@@H]2c2cc3nc(C)c(C)c(=O)n3[nH]2)c1. The Labute approximate surface area is 192 Å². The van der Waals surface area contributed by atoms with Gasteiger partial charge in [-0.05, 0) is 51.7 Å². The van der Waals surface area contributed by atoms with Gasteiger partial charge in [0.25, 0.3) is 11.5 Å². The summed E-state index contributed by atoms with van der Waals surface area (Å²) >= 11 is 0. The van der Waals surface area contributed by atoms with Crippen LogP contribution in [0.1, 0.15) is 58.7 Å². The van der Waals surface area contributed by atoms with Crippen molar-refractivity contribution in [2.24, 2.45) is 5.92 Å². The fourth-order valence-corrected chi connectivity index (χ4v) is 5.14. The summed E-state index contributed by atoms with van der Waals surface area (Å²) in [5, 5.41) is 3.17. The third kappa shape index (κ3) is 4.39. The number of nitrogens with one attached hydrogen (secondary N) is 2. The predicted octanol–water partition coefficient (Wildman–Crippen LogP) is 2.93. The highest BCUT2D eigenvalue weighted by Gasteiger charge is 2.36. The van der Waals surface area contributed by atoms with Crippen LogP contribution >= 0.6 is 0 Å². The van der Waals surface area contributed by atoms with Crippen LogP contribution < -0.4 is 10.3 Å². The van der Waals surface area contributed by atoms with Crippen molar-refractivity contribution in [2.75, 3.05) is 17.5 Å². The molecule has 2 atom stereocenters. The summed E-state index contributed by atoms with van der Waals surface area (Å²) in [5.41, 5.74) is 3.74. The number of anilines is 1. The highest BCUT2D eigenvalue weighted by Crippen LogP contribution is 2.37. The first-order chi connectivity index (χ1) is 15.5. The summed E-state index contributed by atoms with van der Waals surface area (Å²) < 4.78 is 27.6. The first kappa shape index (κ1) is 23.0. The standard InChI is InChI=1S/C23H29N5O4S/c1-13-8-9-18(26-33(5,31)32)17(11-13)23(30)27-10-6-7-14(2)21(27)19-12-20-24-16(4)15(3)22(29)28(20)25-19/h8-9,11-12,14,21,25-26H,6-7,10H2,1-5H3/t14-,21-/m1/s1. The summed E-state index contributed by atoms with van der Waals surface area (Å²) in [6.45, 7) is 8.00. The molecule has 4 rings (SSSR count). The van der Waals surface area contributed by atoms with Gasteiger partial charge in [0.15, 0.2) is 5.65 Å². The van der Waals surface area contributed by atoms with Crippen molar-refractivity contribution in [1.29, 1.82) is 0 Å². The molecule has 9 nitrogen and oxygen atoms in total. The van der Waals surface area contributed by atoms with Gasteiger partial charge in [-0.3, -0.25) is 19.4 Å². The number of H-pyrrole nitrogens is 1. The number of aromatic nitrogens is 3. The van der Waals surface area contributed by atoms with Gasteiger partial charge in [-0.15, -0.1) is 0 Å². The number of likely N-dealkylation sites (tertiary alicyclic amines) is 1. The summed E-state index contributed by atoms with van der Waals surface area (Å²) in [6.07, 6.45) is 2.82. The number of nitrogens with zero attached hydrogens (tertiary/aromatic N) is 3. The molecule has 33 heavy (non-hydrogen) atoms. The molecule has 3 heterocycles. The molecule has 2 aromatic heterocycles. The van der Waals surface area contributed by atoms with Crippen LogP contribution in [0.15, 0.2) is 29.1 Å². The molecule has 1 amide bonds. The summed E-state index contributed by atoms with van der Waals surface area (Å²) in [4.78, 5) is 32.8. The molecule has 1 aliphatic rings. The third-order valence-electron chi connectivity index (χ3n) is 6.32. The van der Waals surface area contributed by atoms with Crippen LogP contribution in [0, 0.1) is 26.7 Å². The number of rotatable bonds is 4. The quantitative estimate of drug-likeness (QED) is 0.607. The lowest BCUT2D eigenvalue weighted by Crippen LogP contribution is -2.42. The molecule has 1 saturated heterocycles. The monoisotopic (exact) mass is 471 g/mol. The first-order valence-corrected chi connectivity index (χ1v) is 12.8. The second-order valence-corrected chi connectivity index (χ2v) is 10.8. The maximum atomic E-state index is 13.8. The molecule has 1 aliphatic heterocycles. The Hall–Kier alpha value is -3.14. The average Bonchev–Trinajstić information content (AvgIpc) is 3.15. The highest BCUT2D eigenvalue weighted by molar-refractivity contribution is 7.92. The number of carbonyl (C=O) groups is 1. The molecule has 0 unspecified atom stereocenters. The van der Waals surface area contributed by atoms with Crippen molar-refractivity contribution in [3.8, 4) is 0 Å². The Morgan fingerprint density at radius 1 is 1.21 bits per heavy atom. The topological polar surface area (TPSA) is 117 Å². The molecule has 0 radical (unpaired) electrons. The number of hydrogen-bond acceptors (Lipinski definition) is 5. The molecule has 0 saturated carbocycles. The number of sulfonamides is 1. The molecular formula is C23H29N5O4S. The van der Waals surface area contributed by atoms with Gasteiger partial charge >= 0.3 is 0 Å². The van der Waals surface area contributed by atoms with Gasteiger partial charge in [0.2, 0.25) is 10.0 Å². The van der Waals surface area contributed by atoms with Gasteiger partial charge in [0.05, 0.1) is 29.2 Å². The van der Waals surface area contributed by atoms with Gasteiger partial charge in [-0.1, -0.05) is 18.6 Å². The summed E-state index contributed by atoms with van der Waals surface area (Å²) in [5.74, 6) is -0.127. The lowest BCUT2D eigenvalue weighted by Gasteiger charge is -2.39. The fraction of sp³-hybridized carbons (Fsp3) is 0.435. The second kappa shape index (κ2) is 8.33. The number of carbonyl (C=O) groups excluding carboxylic acids is 1. The van der Waals surface area contributed by atoms with Crippen LogP contribution in [0.25, 0.3) is 5.65 Å². The van der Waals surface area contributed by atoms with Crippen LogP contribution in [-0.2, 0) is 10.0 Å². The molecule has 1 aromatic carbocycles. The second-order valence-electron chi connectivity index (χ2n) is 9.02. The smallest absolute Gasteiger partial charge is 0.275 e. The number of benzene rings is 1. The van der Waals surface area contributed by atoms with Crippen molar-refractivity contribution < 1.29 is 13.2 Å². The minimum Gasteiger partial charge on any atom is -0.330 e. The van der Waals surface area contributed by atoms with Crippen molar-refractivity contribution in [3.63, 3.8) is 0 Å². The van der Waals surface area contributed by atoms with Gasteiger partial charge < -0.3 is 4.90 Å². The Morgan fingerprint density at radius 3 is 2.64 bits per heavy atom. The van der Waals surface area contributed by atoms with E-state index in [9.17, 15) is 18.0 Å². The van der Waals surface area contributed by atoms with Crippen molar-refractivity contribution in [1.82, 2.24) is 19.5 Å². The molecule has 10 heteroatoms. The first-order valence-electron chi connectivity index (χ1n) is 10.9. The molecule has 0 aliphatic carbocycles. The van der Waals surface area contributed by atoms with E-state index in [2.05, 4.69) is 21.7 Å². The van der Waals surface area contributed by atoms with E-state index < -0.39 is 10.0 Å². The van der Waals surface area contributed by atoms with Gasteiger partial charge in [-0.2, -0.15) is 0 Å². The number of fused-ring (bicyclic) bond motifs is 1. The lowest BCUT2D eigenvalue weighted by atomic mass is 9.88. The van der Waals surface area contributed by atoms with E-state index in [1.165, 1.54) is 4.52 Å². The lowest BCUT2D eigenvalue weighted by molar-refractivity contribution is 0.0505. The van der Waals surface area contributed by atoms with Crippen molar-refractivity contribution >= 4 is 27.3 Å². The maximum Gasteiger partial charge on any atom is 0.275 e. The van der Waals surface area contributed by atoms with Gasteiger partial charge in [0.1, 0.15) is 0 Å². The van der Waals surface area contributed by atoms with E-state index in [1.807, 2.05) is 13.0 Å². The van der Waals surface area contributed by atoms with E-state index in [-0.39, 0.29) is 29.1 Å². The zero-order valence-electron chi connectivity index (χ0n) is 19.5. The summed E-state index contributed by atoms with van der Waals surface area (Å²) in [7, 11) is -3.56. The Balaban J connectivity index is 1.80. The highest BCUT2D eigenvalue weighted by atomic mass is 32.2. The molecule has 2 N–H and O–H groups in total. The molecule has 0 spiro atoms. The van der Waals surface area contributed by atoms with Crippen molar-refractivity contribution in [2.45, 2.75) is 46.6 Å². The van der Waals surface area contributed by atoms with Crippen LogP contribution in [0.5, 0.6) is 0 Å². The van der Waals surface area contributed by atoms with E-state index >= 15 is 0 Å². The van der Waals surface area contributed by atoms with Crippen molar-refractivity contribution in [3.05, 3.63) is 62.7 Å². The third-order valence-corrected chi connectivity index (χ3v) is 6.91. The molecular weight excluding hydrogens is 442 g/mol. The number of amides is 1. The summed E-state index contributed by atoms with van der Waals surface area (Å²) in [6, 6.07) is 6.60. The van der Waals surface area contributed by atoms with E-state index in [4.69, 9.17) is 0 Å². The van der Waals surface area contributed by atoms with Crippen LogP contribution in [-0.4, -0.2) is 46.6 Å². The van der Waals surface area contributed by atoms with E-state index in [0.717, 1.165) is 30.4 Å². The zero-order chi connectivity index (χ0) is 24.1. The largest absolute Gasteiger partial charge is 0.330 e. The molecule has 1 fully saturated rings. The Kier molecular flexibility index (Phi) is 5.81. The normalized spacial score (nSPS) is 19.1. The number of aromatic amines is 1. The van der Waals surface area contributed by atoms with E-state index in [0.29, 0.717) is 29.0 Å².